The largest absolute Gasteiger partial charge is 0.315 e. The molecule has 4 atom stereocenters. The second kappa shape index (κ2) is 5.27. The van der Waals surface area contributed by atoms with Gasteiger partial charge in [-0.3, -0.25) is 0 Å². The molecular weight excluding hydrogens is 208 g/mol. The van der Waals surface area contributed by atoms with Crippen molar-refractivity contribution in [1.82, 2.24) is 10.6 Å². The molecule has 3 aliphatic rings. The van der Waals surface area contributed by atoms with Gasteiger partial charge in [-0.25, -0.2) is 0 Å². The van der Waals surface area contributed by atoms with E-state index in [1.54, 1.807) is 0 Å². The lowest BCUT2D eigenvalue weighted by molar-refractivity contribution is 0.325. The fourth-order valence-corrected chi connectivity index (χ4v) is 3.90. The van der Waals surface area contributed by atoms with Gasteiger partial charge in [0, 0.05) is 18.6 Å². The molecule has 3 rings (SSSR count). The van der Waals surface area contributed by atoms with Crippen LogP contribution in [-0.4, -0.2) is 25.2 Å². The van der Waals surface area contributed by atoms with Crippen LogP contribution in [0.15, 0.2) is 0 Å². The lowest BCUT2D eigenvalue weighted by atomic mass is 9.85. The Kier molecular flexibility index (Phi) is 3.72. The van der Waals surface area contributed by atoms with Gasteiger partial charge in [-0.05, 0) is 56.4 Å². The van der Waals surface area contributed by atoms with Gasteiger partial charge in [-0.2, -0.15) is 0 Å². The van der Waals surface area contributed by atoms with Gasteiger partial charge in [0.25, 0.3) is 0 Å². The highest BCUT2D eigenvalue weighted by atomic mass is 15.0. The molecule has 0 radical (unpaired) electrons. The highest BCUT2D eigenvalue weighted by molar-refractivity contribution is 4.93. The van der Waals surface area contributed by atoms with Crippen LogP contribution < -0.4 is 10.6 Å². The Hall–Kier alpha value is -0.0800. The maximum absolute atomic E-state index is 3.85. The van der Waals surface area contributed by atoms with Crippen LogP contribution >= 0.6 is 0 Å². The molecule has 2 aliphatic carbocycles. The van der Waals surface area contributed by atoms with Crippen LogP contribution in [0.4, 0.5) is 0 Å². The van der Waals surface area contributed by atoms with Crippen molar-refractivity contribution in [3.8, 4) is 0 Å². The van der Waals surface area contributed by atoms with E-state index in [1.165, 1.54) is 58.0 Å². The Morgan fingerprint density at radius 1 is 1.18 bits per heavy atom. The minimum absolute atomic E-state index is 0.759. The monoisotopic (exact) mass is 236 g/mol. The van der Waals surface area contributed by atoms with E-state index in [4.69, 9.17) is 0 Å². The summed E-state index contributed by atoms with van der Waals surface area (Å²) in [5.74, 6) is 2.94. The third-order valence-electron chi connectivity index (χ3n) is 5.23. The van der Waals surface area contributed by atoms with Crippen molar-refractivity contribution < 1.29 is 0 Å². The summed E-state index contributed by atoms with van der Waals surface area (Å²) in [5, 5.41) is 7.54. The average Bonchev–Trinajstić information content (AvgIpc) is 3.09. The van der Waals surface area contributed by atoms with Gasteiger partial charge >= 0.3 is 0 Å². The minimum atomic E-state index is 0.759. The molecule has 0 aromatic heterocycles. The molecule has 0 spiro atoms. The van der Waals surface area contributed by atoms with E-state index in [2.05, 4.69) is 17.6 Å². The minimum Gasteiger partial charge on any atom is -0.315 e. The maximum Gasteiger partial charge on any atom is 0.0198 e. The molecular formula is C15H28N2. The molecule has 1 heterocycles. The number of nitrogens with one attached hydrogen (secondary N) is 2. The van der Waals surface area contributed by atoms with Crippen molar-refractivity contribution in [2.45, 2.75) is 64.0 Å². The normalized spacial score (nSPS) is 39.0. The quantitative estimate of drug-likeness (QED) is 0.766. The summed E-state index contributed by atoms with van der Waals surface area (Å²) in [5.41, 5.74) is 0. The second-order valence-corrected chi connectivity index (χ2v) is 6.72. The zero-order chi connectivity index (χ0) is 11.7. The summed E-state index contributed by atoms with van der Waals surface area (Å²) in [6.45, 7) is 4.84. The van der Waals surface area contributed by atoms with Crippen LogP contribution in [0.1, 0.15) is 51.9 Å². The van der Waals surface area contributed by atoms with E-state index in [0.29, 0.717) is 0 Å². The van der Waals surface area contributed by atoms with Crippen LogP contribution in [-0.2, 0) is 0 Å². The van der Waals surface area contributed by atoms with Crippen LogP contribution in [0.3, 0.4) is 0 Å². The van der Waals surface area contributed by atoms with Crippen molar-refractivity contribution in [2.24, 2.45) is 17.8 Å². The first-order valence-electron chi connectivity index (χ1n) is 7.79. The number of rotatable bonds is 5. The highest BCUT2D eigenvalue weighted by Gasteiger charge is 2.34. The summed E-state index contributed by atoms with van der Waals surface area (Å²) in [4.78, 5) is 0. The van der Waals surface area contributed by atoms with Crippen molar-refractivity contribution in [2.75, 3.05) is 13.1 Å². The Bertz CT molecular complexity index is 235. The van der Waals surface area contributed by atoms with Crippen LogP contribution in [0.2, 0.25) is 0 Å². The fraction of sp³-hybridized carbons (Fsp3) is 1.00. The van der Waals surface area contributed by atoms with Gasteiger partial charge in [-0.1, -0.05) is 19.8 Å². The van der Waals surface area contributed by atoms with Crippen LogP contribution in [0, 0.1) is 17.8 Å². The molecule has 1 aliphatic heterocycles. The molecule has 4 unspecified atom stereocenters. The summed E-state index contributed by atoms with van der Waals surface area (Å²) in [7, 11) is 0. The molecule has 2 nitrogen and oxygen atoms in total. The lowest BCUT2D eigenvalue weighted by Crippen LogP contribution is -2.39. The summed E-state index contributed by atoms with van der Waals surface area (Å²) < 4.78 is 0. The highest BCUT2D eigenvalue weighted by Crippen LogP contribution is 2.36. The van der Waals surface area contributed by atoms with Crippen molar-refractivity contribution in [3.05, 3.63) is 0 Å². The van der Waals surface area contributed by atoms with Crippen molar-refractivity contribution in [3.63, 3.8) is 0 Å². The molecule has 3 fully saturated rings. The van der Waals surface area contributed by atoms with Gasteiger partial charge in [0.1, 0.15) is 0 Å². The molecule has 17 heavy (non-hydrogen) atoms. The summed E-state index contributed by atoms with van der Waals surface area (Å²) >= 11 is 0. The van der Waals surface area contributed by atoms with Crippen LogP contribution in [0.25, 0.3) is 0 Å². The van der Waals surface area contributed by atoms with Gasteiger partial charge in [-0.15, -0.1) is 0 Å². The molecule has 98 valence electrons. The first-order valence-corrected chi connectivity index (χ1v) is 7.79. The first-order chi connectivity index (χ1) is 8.33. The molecule has 0 amide bonds. The Morgan fingerprint density at radius 2 is 2.00 bits per heavy atom. The van der Waals surface area contributed by atoms with E-state index in [-0.39, 0.29) is 0 Å². The molecule has 0 bridgehead atoms. The number of fused-ring (bicyclic) bond motifs is 1. The van der Waals surface area contributed by atoms with E-state index in [0.717, 1.165) is 29.8 Å². The molecule has 0 aromatic carbocycles. The SMILES string of the molecule is CC(CNCC1CC2CCCCC2N1)C1CC1. The Morgan fingerprint density at radius 3 is 2.76 bits per heavy atom. The Labute approximate surface area is 106 Å². The first kappa shape index (κ1) is 12.0. The molecule has 0 aromatic rings. The smallest absolute Gasteiger partial charge is 0.0198 e. The molecule has 2 N–H and O–H groups in total. The lowest BCUT2D eigenvalue weighted by Gasteiger charge is -2.24. The standard InChI is InChI=1S/C15H28N2/c1-11(12-6-7-12)9-16-10-14-8-13-4-2-3-5-15(13)17-14/h11-17H,2-10H2,1H3. The summed E-state index contributed by atoms with van der Waals surface area (Å²) in [6.07, 6.45) is 10.2. The van der Waals surface area contributed by atoms with E-state index in [9.17, 15) is 0 Å². The van der Waals surface area contributed by atoms with Crippen molar-refractivity contribution >= 4 is 0 Å². The number of hydrogen-bond acceptors (Lipinski definition) is 2. The van der Waals surface area contributed by atoms with E-state index < -0.39 is 0 Å². The maximum atomic E-state index is 3.85. The van der Waals surface area contributed by atoms with Crippen molar-refractivity contribution in [1.29, 1.82) is 0 Å². The Balaban J connectivity index is 1.35. The predicted molar refractivity (Wildman–Crippen MR) is 72.0 cm³/mol. The molecule has 2 saturated carbocycles. The van der Waals surface area contributed by atoms with E-state index in [1.807, 2.05) is 0 Å². The fourth-order valence-electron chi connectivity index (χ4n) is 3.90. The van der Waals surface area contributed by atoms with Gasteiger partial charge < -0.3 is 10.6 Å². The predicted octanol–water partition coefficient (Wildman–Crippen LogP) is 2.54. The van der Waals surface area contributed by atoms with E-state index >= 15 is 0 Å². The molecule has 1 saturated heterocycles. The topological polar surface area (TPSA) is 24.1 Å². The van der Waals surface area contributed by atoms with Gasteiger partial charge in [0.05, 0.1) is 0 Å². The van der Waals surface area contributed by atoms with Crippen LogP contribution in [0.5, 0.6) is 0 Å². The third-order valence-corrected chi connectivity index (χ3v) is 5.23. The number of hydrogen-bond donors (Lipinski definition) is 2. The van der Waals surface area contributed by atoms with Gasteiger partial charge in [0.2, 0.25) is 0 Å². The zero-order valence-corrected chi connectivity index (χ0v) is 11.3. The third kappa shape index (κ3) is 3.03. The summed E-state index contributed by atoms with van der Waals surface area (Å²) in [6, 6.07) is 1.62. The zero-order valence-electron chi connectivity index (χ0n) is 11.3. The average molecular weight is 236 g/mol. The molecule has 2 heteroatoms. The second-order valence-electron chi connectivity index (χ2n) is 6.72. The van der Waals surface area contributed by atoms with Gasteiger partial charge in [0.15, 0.2) is 0 Å².